The number of nitrogens with two attached hydrogens (primary N) is 2. The third-order valence-electron chi connectivity index (χ3n) is 2.29. The molecule has 1 atom stereocenters. The molecule has 90 valence electrons. The second kappa shape index (κ2) is 5.98. The summed E-state index contributed by atoms with van der Waals surface area (Å²) in [5.74, 6) is 0. The third kappa shape index (κ3) is 2.76. The number of halogens is 1. The summed E-state index contributed by atoms with van der Waals surface area (Å²) < 4.78 is 0. The highest BCUT2D eigenvalue weighted by Crippen LogP contribution is 2.00. The van der Waals surface area contributed by atoms with Crippen LogP contribution in [0.15, 0.2) is 18.2 Å². The Hall–Kier alpha value is -2.13. The number of rotatable bonds is 3. The summed E-state index contributed by atoms with van der Waals surface area (Å²) in [6.07, 6.45) is 0.382. The van der Waals surface area contributed by atoms with Gasteiger partial charge in [-0.3, -0.25) is 4.79 Å². The number of carbonyl (C=O) groups is 1. The van der Waals surface area contributed by atoms with Crippen LogP contribution in [-0.4, -0.2) is 20.3 Å². The molecule has 1 amide bonds. The van der Waals surface area contributed by atoms with Gasteiger partial charge in [0, 0.05) is 5.22 Å². The first-order chi connectivity index (χ1) is 8.52. The second-order valence-electron chi connectivity index (χ2n) is 3.42. The molecule has 0 aliphatic carbocycles. The van der Waals surface area contributed by atoms with Gasteiger partial charge in [0.1, 0.15) is 7.85 Å². The quantitative estimate of drug-likeness (QED) is 0.442. The third-order valence-corrected chi connectivity index (χ3v) is 2.60. The van der Waals surface area contributed by atoms with Crippen LogP contribution in [0.3, 0.4) is 0 Å². The van der Waals surface area contributed by atoms with Gasteiger partial charge in [-0.05, 0) is 16.9 Å². The molecular formula is C11H10BClN4O. The van der Waals surface area contributed by atoms with Crippen molar-refractivity contribution < 1.29 is 4.79 Å². The molecule has 0 bridgehead atoms. The van der Waals surface area contributed by atoms with E-state index in [9.17, 15) is 4.79 Å². The Morgan fingerprint density at radius 2 is 2.22 bits per heavy atom. The van der Waals surface area contributed by atoms with Gasteiger partial charge in [-0.2, -0.15) is 5.26 Å². The largest absolute Gasteiger partial charge is 0.410 e. The smallest absolute Gasteiger partial charge is 0.208 e. The second-order valence-corrected chi connectivity index (χ2v) is 3.83. The maximum Gasteiger partial charge on any atom is 0.208 e. The molecule has 2 radical (unpaired) electrons. The number of nitrogens with one attached hydrogen (secondary N) is 1. The SMILES string of the molecule is [B]/C(N)=c1\cccc(Cl)\c1=C(\N)C(C#N)NC=O. The van der Waals surface area contributed by atoms with Crippen molar-refractivity contribution >= 4 is 37.2 Å². The van der Waals surface area contributed by atoms with Gasteiger partial charge in [0.25, 0.3) is 0 Å². The van der Waals surface area contributed by atoms with Crippen molar-refractivity contribution in [3.8, 4) is 6.07 Å². The Balaban J connectivity index is 3.73. The highest BCUT2D eigenvalue weighted by molar-refractivity contribution is 6.37. The Bertz CT molecular complexity index is 619. The van der Waals surface area contributed by atoms with E-state index in [4.69, 9.17) is 36.2 Å². The van der Waals surface area contributed by atoms with Crippen LogP contribution in [0.2, 0.25) is 5.02 Å². The minimum Gasteiger partial charge on any atom is -0.410 e. The lowest BCUT2D eigenvalue weighted by Gasteiger charge is -2.09. The number of hydrogen-bond acceptors (Lipinski definition) is 4. The van der Waals surface area contributed by atoms with Crippen LogP contribution in [0.25, 0.3) is 11.3 Å². The van der Waals surface area contributed by atoms with Crippen LogP contribution in [0.1, 0.15) is 0 Å². The summed E-state index contributed by atoms with van der Waals surface area (Å²) in [4.78, 5) is 10.4. The van der Waals surface area contributed by atoms with Gasteiger partial charge in [-0.25, -0.2) is 0 Å². The summed E-state index contributed by atoms with van der Waals surface area (Å²) in [6.45, 7) is 0. The van der Waals surface area contributed by atoms with E-state index in [-0.39, 0.29) is 11.3 Å². The summed E-state index contributed by atoms with van der Waals surface area (Å²) in [5, 5.41) is 12.3. The van der Waals surface area contributed by atoms with E-state index in [0.717, 1.165) is 0 Å². The summed E-state index contributed by atoms with van der Waals surface area (Å²) >= 11 is 6.02. The van der Waals surface area contributed by atoms with E-state index in [1.54, 1.807) is 18.2 Å². The van der Waals surface area contributed by atoms with Gasteiger partial charge >= 0.3 is 0 Å². The van der Waals surface area contributed by atoms with E-state index < -0.39 is 6.04 Å². The fourth-order valence-corrected chi connectivity index (χ4v) is 1.75. The van der Waals surface area contributed by atoms with E-state index >= 15 is 0 Å². The summed E-state index contributed by atoms with van der Waals surface area (Å²) in [6, 6.07) is 5.71. The van der Waals surface area contributed by atoms with Gasteiger partial charge < -0.3 is 16.8 Å². The molecule has 18 heavy (non-hydrogen) atoms. The molecule has 0 heterocycles. The fraction of sp³-hybridized carbons (Fsp3) is 0.0909. The molecule has 1 rings (SSSR count). The first-order valence-electron chi connectivity index (χ1n) is 4.91. The van der Waals surface area contributed by atoms with E-state index in [0.29, 0.717) is 21.9 Å². The summed E-state index contributed by atoms with van der Waals surface area (Å²) in [5.41, 5.74) is 11.5. The number of hydrogen-bond donors (Lipinski definition) is 3. The number of amides is 1. The standard InChI is InChI=1S/C11H10BClN4O/c12-11(16)6-2-1-3-7(13)9(6)10(15)8(4-14)17-5-18/h1-3,5,8H,15-16H2,(H,17,18)/b10-9+,11-6-. The van der Waals surface area contributed by atoms with Gasteiger partial charge in [0.2, 0.25) is 6.41 Å². The zero-order chi connectivity index (χ0) is 13.7. The average Bonchev–Trinajstić information content (AvgIpc) is 2.34. The van der Waals surface area contributed by atoms with E-state index in [1.165, 1.54) is 0 Å². The van der Waals surface area contributed by atoms with Crippen molar-refractivity contribution in [2.75, 3.05) is 0 Å². The normalized spacial score (nSPS) is 15.1. The van der Waals surface area contributed by atoms with Crippen LogP contribution in [0, 0.1) is 11.3 Å². The van der Waals surface area contributed by atoms with Crippen molar-refractivity contribution in [2.45, 2.75) is 6.04 Å². The van der Waals surface area contributed by atoms with Crippen LogP contribution < -0.4 is 27.2 Å². The number of nitrogens with zero attached hydrogens (tertiary/aromatic N) is 1. The highest BCUT2D eigenvalue weighted by atomic mass is 35.5. The molecule has 0 spiro atoms. The van der Waals surface area contributed by atoms with Crippen molar-refractivity contribution in [2.24, 2.45) is 11.5 Å². The molecule has 5 nitrogen and oxygen atoms in total. The predicted octanol–water partition coefficient (Wildman–Crippen LogP) is -1.76. The molecule has 5 N–H and O–H groups in total. The molecular weight excluding hydrogens is 250 g/mol. The lowest BCUT2D eigenvalue weighted by Crippen LogP contribution is -2.42. The molecule has 0 aliphatic heterocycles. The fourth-order valence-electron chi connectivity index (χ4n) is 1.47. The zero-order valence-corrected chi connectivity index (χ0v) is 10.1. The van der Waals surface area contributed by atoms with Crippen LogP contribution in [0.5, 0.6) is 0 Å². The maximum atomic E-state index is 10.4. The highest BCUT2D eigenvalue weighted by Gasteiger charge is 2.11. The topological polar surface area (TPSA) is 105 Å². The minimum atomic E-state index is -1.000. The van der Waals surface area contributed by atoms with Gasteiger partial charge in [-0.1, -0.05) is 23.7 Å². The number of nitriles is 1. The van der Waals surface area contributed by atoms with Gasteiger partial charge in [-0.15, -0.1) is 0 Å². The molecule has 7 heteroatoms. The van der Waals surface area contributed by atoms with Crippen molar-refractivity contribution in [1.29, 1.82) is 5.26 Å². The molecule has 1 aromatic carbocycles. The lowest BCUT2D eigenvalue weighted by atomic mass is 9.99. The predicted molar refractivity (Wildman–Crippen MR) is 70.2 cm³/mol. The zero-order valence-electron chi connectivity index (χ0n) is 9.35. The van der Waals surface area contributed by atoms with Crippen LogP contribution in [0.4, 0.5) is 0 Å². The Morgan fingerprint density at radius 1 is 1.56 bits per heavy atom. The maximum absolute atomic E-state index is 10.4. The first kappa shape index (κ1) is 13.9. The Kier molecular flexibility index (Phi) is 4.63. The van der Waals surface area contributed by atoms with E-state index in [2.05, 4.69) is 5.32 Å². The summed E-state index contributed by atoms with van der Waals surface area (Å²) in [7, 11) is 5.53. The van der Waals surface area contributed by atoms with Gasteiger partial charge in [0.15, 0.2) is 6.04 Å². The monoisotopic (exact) mass is 260 g/mol. The Morgan fingerprint density at radius 3 is 2.72 bits per heavy atom. The van der Waals surface area contributed by atoms with Crippen LogP contribution in [-0.2, 0) is 4.79 Å². The molecule has 0 aromatic heterocycles. The lowest BCUT2D eigenvalue weighted by molar-refractivity contribution is -0.109. The number of carbonyl (C=O) groups excluding carboxylic acids is 1. The van der Waals surface area contributed by atoms with Gasteiger partial charge in [0.05, 0.1) is 16.8 Å². The average molecular weight is 260 g/mol. The molecule has 1 aromatic rings. The molecule has 0 saturated carbocycles. The molecule has 0 saturated heterocycles. The number of benzene rings is 1. The molecule has 0 aliphatic rings. The van der Waals surface area contributed by atoms with Crippen molar-refractivity contribution in [3.05, 3.63) is 33.7 Å². The van der Waals surface area contributed by atoms with Crippen molar-refractivity contribution in [3.63, 3.8) is 0 Å². The Labute approximate surface area is 110 Å². The van der Waals surface area contributed by atoms with Crippen molar-refractivity contribution in [1.82, 2.24) is 5.32 Å². The van der Waals surface area contributed by atoms with E-state index in [1.807, 2.05) is 6.07 Å². The van der Waals surface area contributed by atoms with Crippen LogP contribution >= 0.6 is 11.6 Å². The molecule has 1 unspecified atom stereocenters. The molecule has 0 fully saturated rings. The first-order valence-corrected chi connectivity index (χ1v) is 5.29. The minimum absolute atomic E-state index is 0.0262.